The molecular weight excluding hydrogens is 276 g/mol. The van der Waals surface area contributed by atoms with E-state index in [-0.39, 0.29) is 12.1 Å². The highest BCUT2D eigenvalue weighted by molar-refractivity contribution is 5.66. The quantitative estimate of drug-likeness (QED) is 0.215. The van der Waals surface area contributed by atoms with Gasteiger partial charge in [0.15, 0.2) is 6.10 Å². The van der Waals surface area contributed by atoms with Gasteiger partial charge in [-0.2, -0.15) is 0 Å². The first-order valence-corrected chi connectivity index (χ1v) is 8.11. The molecule has 3 nitrogen and oxygen atoms in total. The maximum absolute atomic E-state index is 10.8. The summed E-state index contributed by atoms with van der Waals surface area (Å²) in [5.74, 6) is 10.8. The molecule has 22 heavy (non-hydrogen) atoms. The number of epoxide rings is 1. The van der Waals surface area contributed by atoms with Crippen molar-refractivity contribution < 1.29 is 14.3 Å². The Bertz CT molecular complexity index is 472. The lowest BCUT2D eigenvalue weighted by Crippen LogP contribution is -2.10. The monoisotopic (exact) mass is 302 g/mol. The molecule has 1 heterocycles. The molecule has 1 rings (SSSR count). The minimum atomic E-state index is -0.583. The molecule has 0 amide bonds. The highest BCUT2D eigenvalue weighted by Crippen LogP contribution is 2.29. The van der Waals surface area contributed by atoms with Crippen LogP contribution in [0.25, 0.3) is 0 Å². The normalized spacial score (nSPS) is 19.9. The van der Waals surface area contributed by atoms with E-state index in [1.165, 1.54) is 45.1 Å². The van der Waals surface area contributed by atoms with Crippen LogP contribution in [0.3, 0.4) is 0 Å². The summed E-state index contributed by atoms with van der Waals surface area (Å²) in [6.07, 6.45) is 9.93. The number of esters is 1. The smallest absolute Gasteiger partial charge is 0.304 e. The number of hydrogen-bond donors (Lipinski definition) is 0. The summed E-state index contributed by atoms with van der Waals surface area (Å²) in [4.78, 5) is 10.8. The van der Waals surface area contributed by atoms with Crippen LogP contribution in [0.5, 0.6) is 0 Å². The van der Waals surface area contributed by atoms with Gasteiger partial charge in [-0.15, -0.1) is 0 Å². The van der Waals surface area contributed by atoms with Gasteiger partial charge in [-0.25, -0.2) is 0 Å². The first kappa shape index (κ1) is 18.3. The molecule has 1 fully saturated rings. The van der Waals surface area contributed by atoms with E-state index in [0.717, 1.165) is 12.8 Å². The van der Waals surface area contributed by atoms with E-state index in [0.29, 0.717) is 6.10 Å². The molecule has 0 aromatic heterocycles. The third-order valence-electron chi connectivity index (χ3n) is 3.46. The van der Waals surface area contributed by atoms with Gasteiger partial charge in [0.1, 0.15) is 0 Å². The number of unbranched alkanes of at least 4 members (excludes halogenated alkanes) is 4. The van der Waals surface area contributed by atoms with Gasteiger partial charge in [-0.1, -0.05) is 51.5 Å². The molecule has 0 aliphatic carbocycles. The minimum absolute atomic E-state index is 0.282. The van der Waals surface area contributed by atoms with E-state index in [2.05, 4.69) is 37.2 Å². The molecule has 1 saturated heterocycles. The summed E-state index contributed by atoms with van der Waals surface area (Å²) < 4.78 is 10.5. The average Bonchev–Trinajstić information content (AvgIpc) is 3.23. The van der Waals surface area contributed by atoms with Crippen molar-refractivity contribution in [2.24, 2.45) is 0 Å². The van der Waals surface area contributed by atoms with Gasteiger partial charge in [-0.05, 0) is 30.3 Å². The topological polar surface area (TPSA) is 38.8 Å². The summed E-state index contributed by atoms with van der Waals surface area (Å²) in [5, 5.41) is 0. The molecule has 0 radical (unpaired) electrons. The van der Waals surface area contributed by atoms with Crippen molar-refractivity contribution in [3.8, 4) is 23.7 Å². The fraction of sp³-hybridized carbons (Fsp3) is 0.632. The van der Waals surface area contributed by atoms with Crippen LogP contribution in [-0.2, 0) is 14.3 Å². The third kappa shape index (κ3) is 8.55. The zero-order valence-corrected chi connectivity index (χ0v) is 13.7. The van der Waals surface area contributed by atoms with Crippen molar-refractivity contribution in [3.63, 3.8) is 0 Å². The van der Waals surface area contributed by atoms with E-state index in [1.807, 2.05) is 0 Å². The molecule has 120 valence electrons. The number of hydrogen-bond acceptors (Lipinski definition) is 3. The number of carbonyl (C=O) groups excluding carboxylic acids is 1. The zero-order valence-electron chi connectivity index (χ0n) is 13.7. The van der Waals surface area contributed by atoms with Gasteiger partial charge in [-0.3, -0.25) is 4.79 Å². The highest BCUT2D eigenvalue weighted by Gasteiger charge is 2.36. The molecule has 0 aromatic carbocycles. The fourth-order valence-corrected chi connectivity index (χ4v) is 2.18. The Morgan fingerprint density at radius 2 is 2.05 bits per heavy atom. The predicted octanol–water partition coefficient (Wildman–Crippen LogP) is 3.63. The van der Waals surface area contributed by atoms with Crippen LogP contribution < -0.4 is 0 Å². The molecule has 0 aromatic rings. The Hall–Kier alpha value is -1.71. The Morgan fingerprint density at radius 1 is 1.27 bits per heavy atom. The largest absolute Gasteiger partial charge is 0.445 e. The van der Waals surface area contributed by atoms with Gasteiger partial charge in [0.25, 0.3) is 0 Å². The molecule has 0 bridgehead atoms. The molecule has 0 unspecified atom stereocenters. The van der Waals surface area contributed by atoms with Crippen molar-refractivity contribution in [2.75, 3.05) is 0 Å². The highest BCUT2D eigenvalue weighted by atomic mass is 16.6. The number of carbonyl (C=O) groups is 1. The van der Waals surface area contributed by atoms with Crippen LogP contribution in [0.4, 0.5) is 0 Å². The van der Waals surface area contributed by atoms with Gasteiger partial charge < -0.3 is 9.47 Å². The first-order valence-electron chi connectivity index (χ1n) is 8.11. The van der Waals surface area contributed by atoms with Gasteiger partial charge in [0.05, 0.1) is 12.2 Å². The van der Waals surface area contributed by atoms with Crippen molar-refractivity contribution in [1.82, 2.24) is 0 Å². The maximum Gasteiger partial charge on any atom is 0.304 e. The molecule has 3 atom stereocenters. The lowest BCUT2D eigenvalue weighted by molar-refractivity contribution is -0.142. The second kappa shape index (κ2) is 10.9. The maximum atomic E-state index is 10.8. The van der Waals surface area contributed by atoms with Crippen molar-refractivity contribution in [2.45, 2.75) is 77.1 Å². The van der Waals surface area contributed by atoms with Gasteiger partial charge in [0.2, 0.25) is 0 Å². The first-order chi connectivity index (χ1) is 10.7. The molecule has 3 heteroatoms. The van der Waals surface area contributed by atoms with Gasteiger partial charge >= 0.3 is 5.97 Å². The molecular formula is C19H26O3. The Balaban J connectivity index is 2.13. The van der Waals surface area contributed by atoms with E-state index < -0.39 is 6.10 Å². The second-order valence-corrected chi connectivity index (χ2v) is 5.46. The second-order valence-electron chi connectivity index (χ2n) is 5.46. The summed E-state index contributed by atoms with van der Waals surface area (Å²) >= 11 is 0. The van der Waals surface area contributed by atoms with Crippen LogP contribution >= 0.6 is 0 Å². The van der Waals surface area contributed by atoms with Crippen molar-refractivity contribution in [1.29, 1.82) is 0 Å². The van der Waals surface area contributed by atoms with E-state index in [9.17, 15) is 4.79 Å². The molecule has 0 spiro atoms. The van der Waals surface area contributed by atoms with Crippen LogP contribution in [0.1, 0.15) is 58.8 Å². The van der Waals surface area contributed by atoms with E-state index >= 15 is 0 Å². The summed E-state index contributed by atoms with van der Waals surface area (Å²) in [7, 11) is 0. The van der Waals surface area contributed by atoms with Crippen molar-refractivity contribution in [3.05, 3.63) is 12.7 Å². The predicted molar refractivity (Wildman–Crippen MR) is 88.0 cm³/mol. The van der Waals surface area contributed by atoms with E-state index in [4.69, 9.17) is 9.47 Å². The van der Waals surface area contributed by atoms with Gasteiger partial charge in [0, 0.05) is 13.3 Å². The minimum Gasteiger partial charge on any atom is -0.445 e. The zero-order chi connectivity index (χ0) is 16.2. The van der Waals surface area contributed by atoms with E-state index in [1.54, 1.807) is 0 Å². The summed E-state index contributed by atoms with van der Waals surface area (Å²) in [6, 6.07) is 0. The third-order valence-corrected chi connectivity index (χ3v) is 3.46. The van der Waals surface area contributed by atoms with Crippen LogP contribution in [0, 0.1) is 23.7 Å². The standard InChI is InChI=1S/C19H26O3/c1-4-6-7-8-11-14-18-19(22-18)15-12-9-10-13-17(5-2)21-16(3)20/h5,17-19H,2,4,6-8,11,14-15H2,1,3H3/t17-,18-,19+/m0/s1. The molecule has 0 saturated carbocycles. The van der Waals surface area contributed by atoms with Crippen LogP contribution in [0.15, 0.2) is 12.7 Å². The molecule has 1 aliphatic rings. The Kier molecular flexibility index (Phi) is 9.12. The summed E-state index contributed by atoms with van der Waals surface area (Å²) in [6.45, 7) is 7.13. The SMILES string of the molecule is C=C[C@@H](C#CC#CC[C@H]1O[C@H]1CCCCCCC)OC(C)=O. The Labute approximate surface area is 134 Å². The van der Waals surface area contributed by atoms with Crippen LogP contribution in [-0.4, -0.2) is 24.3 Å². The number of rotatable bonds is 9. The lowest BCUT2D eigenvalue weighted by atomic mass is 10.1. The molecule has 0 N–H and O–H groups in total. The van der Waals surface area contributed by atoms with Crippen molar-refractivity contribution >= 4 is 5.97 Å². The number of ether oxygens (including phenoxy) is 2. The fourth-order valence-electron chi connectivity index (χ4n) is 2.18. The lowest BCUT2D eigenvalue weighted by Gasteiger charge is -2.03. The Morgan fingerprint density at radius 3 is 2.73 bits per heavy atom. The average molecular weight is 302 g/mol. The van der Waals surface area contributed by atoms with Crippen LogP contribution in [0.2, 0.25) is 0 Å². The molecule has 1 aliphatic heterocycles. The summed E-state index contributed by atoms with van der Waals surface area (Å²) in [5.41, 5.74) is 0.